The van der Waals surface area contributed by atoms with Gasteiger partial charge in [0.2, 0.25) is 5.91 Å². The van der Waals surface area contributed by atoms with Gasteiger partial charge < -0.3 is 11.5 Å². The van der Waals surface area contributed by atoms with E-state index < -0.39 is 5.91 Å². The van der Waals surface area contributed by atoms with Crippen molar-refractivity contribution in [2.75, 3.05) is 6.54 Å². The fourth-order valence-electron chi connectivity index (χ4n) is 1.19. The molecule has 1 aliphatic heterocycles. The number of aliphatic imine (C=N–C) groups is 1. The van der Waals surface area contributed by atoms with E-state index in [1.165, 1.54) is 0 Å². The monoisotopic (exact) mass is 167 g/mol. The Labute approximate surface area is 71.3 Å². The molecular weight excluding hydrogens is 154 g/mol. The van der Waals surface area contributed by atoms with Crippen LogP contribution in [0.4, 0.5) is 0 Å². The zero-order valence-corrected chi connectivity index (χ0v) is 7.29. The van der Waals surface area contributed by atoms with Gasteiger partial charge in [-0.15, -0.1) is 0 Å². The molecule has 0 saturated heterocycles. The van der Waals surface area contributed by atoms with Crippen LogP contribution in [0.5, 0.6) is 0 Å². The SMILES string of the molecule is CC(C)C1=NCC(C(N)=O)=C1N. The highest BCUT2D eigenvalue weighted by molar-refractivity contribution is 6.10. The molecular formula is C8H13N3O. The van der Waals surface area contributed by atoms with Gasteiger partial charge in [0.25, 0.3) is 0 Å². The number of allylic oxidation sites excluding steroid dienone is 1. The van der Waals surface area contributed by atoms with Crippen LogP contribution in [-0.4, -0.2) is 18.2 Å². The van der Waals surface area contributed by atoms with Crippen LogP contribution in [0.3, 0.4) is 0 Å². The summed E-state index contributed by atoms with van der Waals surface area (Å²) in [6, 6.07) is 0. The van der Waals surface area contributed by atoms with E-state index in [4.69, 9.17) is 11.5 Å². The molecule has 0 bridgehead atoms. The average Bonchev–Trinajstić information content (AvgIpc) is 2.30. The van der Waals surface area contributed by atoms with E-state index in [-0.39, 0.29) is 5.92 Å². The number of amides is 1. The Balaban J connectivity index is 2.93. The molecule has 0 aromatic carbocycles. The van der Waals surface area contributed by atoms with Crippen molar-refractivity contribution in [1.82, 2.24) is 0 Å². The van der Waals surface area contributed by atoms with Crippen LogP contribution < -0.4 is 11.5 Å². The predicted octanol–water partition coefficient (Wildman–Crippen LogP) is -0.205. The molecule has 0 aliphatic carbocycles. The summed E-state index contributed by atoms with van der Waals surface area (Å²) in [6.45, 7) is 4.31. The highest BCUT2D eigenvalue weighted by Gasteiger charge is 2.21. The van der Waals surface area contributed by atoms with Crippen LogP contribution in [0.25, 0.3) is 0 Å². The molecule has 0 aromatic rings. The first-order chi connectivity index (χ1) is 5.54. The number of rotatable bonds is 2. The third-order valence-corrected chi connectivity index (χ3v) is 1.85. The van der Waals surface area contributed by atoms with E-state index in [1.54, 1.807) is 0 Å². The summed E-state index contributed by atoms with van der Waals surface area (Å²) in [6.07, 6.45) is 0. The van der Waals surface area contributed by atoms with Gasteiger partial charge in [0.1, 0.15) is 0 Å². The Hall–Kier alpha value is -1.32. The minimum absolute atomic E-state index is 0.252. The molecule has 1 aliphatic rings. The lowest BCUT2D eigenvalue weighted by molar-refractivity contribution is -0.114. The van der Waals surface area contributed by atoms with Gasteiger partial charge in [-0.2, -0.15) is 0 Å². The summed E-state index contributed by atoms with van der Waals surface area (Å²) in [5.41, 5.74) is 12.5. The third kappa shape index (κ3) is 1.32. The molecule has 1 heterocycles. The van der Waals surface area contributed by atoms with Gasteiger partial charge in [-0.1, -0.05) is 13.8 Å². The van der Waals surface area contributed by atoms with E-state index >= 15 is 0 Å². The first-order valence-electron chi connectivity index (χ1n) is 3.87. The number of primary amides is 1. The first-order valence-corrected chi connectivity index (χ1v) is 3.87. The summed E-state index contributed by atoms with van der Waals surface area (Å²) in [5, 5.41) is 0. The molecule has 0 atom stereocenters. The molecule has 4 heteroatoms. The van der Waals surface area contributed by atoms with Crippen molar-refractivity contribution in [2.24, 2.45) is 22.4 Å². The number of carbonyl (C=O) groups is 1. The van der Waals surface area contributed by atoms with E-state index in [9.17, 15) is 4.79 Å². The van der Waals surface area contributed by atoms with Crippen molar-refractivity contribution in [3.05, 3.63) is 11.3 Å². The van der Waals surface area contributed by atoms with Gasteiger partial charge in [0, 0.05) is 0 Å². The molecule has 4 N–H and O–H groups in total. The number of nitrogens with two attached hydrogens (primary N) is 2. The van der Waals surface area contributed by atoms with Crippen LogP contribution in [0.1, 0.15) is 13.8 Å². The fourth-order valence-corrected chi connectivity index (χ4v) is 1.19. The largest absolute Gasteiger partial charge is 0.397 e. The Morgan fingerprint density at radius 3 is 2.42 bits per heavy atom. The van der Waals surface area contributed by atoms with Gasteiger partial charge in [-0.3, -0.25) is 9.79 Å². The second kappa shape index (κ2) is 2.97. The third-order valence-electron chi connectivity index (χ3n) is 1.85. The van der Waals surface area contributed by atoms with Gasteiger partial charge in [0.15, 0.2) is 0 Å². The van der Waals surface area contributed by atoms with Crippen molar-refractivity contribution in [3.8, 4) is 0 Å². The maximum absolute atomic E-state index is 10.8. The van der Waals surface area contributed by atoms with Gasteiger partial charge in [-0.25, -0.2) is 0 Å². The predicted molar refractivity (Wildman–Crippen MR) is 47.5 cm³/mol. The summed E-state index contributed by atoms with van der Waals surface area (Å²) in [5.74, 6) is -0.214. The molecule has 0 saturated carbocycles. The standard InChI is InChI=1S/C8H13N3O/c1-4(2)7-6(9)5(3-11-7)8(10)12/h4H,3,9H2,1-2H3,(H2,10,12). The molecule has 0 radical (unpaired) electrons. The highest BCUT2D eigenvalue weighted by Crippen LogP contribution is 2.15. The summed E-state index contributed by atoms with van der Waals surface area (Å²) >= 11 is 0. The number of hydrogen-bond donors (Lipinski definition) is 2. The number of nitrogens with zero attached hydrogens (tertiary/aromatic N) is 1. The Morgan fingerprint density at radius 2 is 2.17 bits per heavy atom. The van der Waals surface area contributed by atoms with E-state index in [1.807, 2.05) is 13.8 Å². The molecule has 12 heavy (non-hydrogen) atoms. The van der Waals surface area contributed by atoms with Crippen molar-refractivity contribution in [3.63, 3.8) is 0 Å². The average molecular weight is 167 g/mol. The highest BCUT2D eigenvalue weighted by atomic mass is 16.1. The molecule has 66 valence electrons. The Bertz CT molecular complexity index is 276. The smallest absolute Gasteiger partial charge is 0.248 e. The molecule has 1 amide bonds. The lowest BCUT2D eigenvalue weighted by Gasteiger charge is -2.05. The first kappa shape index (κ1) is 8.77. The van der Waals surface area contributed by atoms with Crippen LogP contribution in [0.15, 0.2) is 16.3 Å². The molecule has 4 nitrogen and oxygen atoms in total. The van der Waals surface area contributed by atoms with Crippen LogP contribution >= 0.6 is 0 Å². The lowest BCUT2D eigenvalue weighted by atomic mass is 10.0. The van der Waals surface area contributed by atoms with Crippen molar-refractivity contribution in [1.29, 1.82) is 0 Å². The second-order valence-corrected chi connectivity index (χ2v) is 3.11. The Morgan fingerprint density at radius 1 is 1.58 bits per heavy atom. The summed E-state index contributed by atoms with van der Waals surface area (Å²) < 4.78 is 0. The van der Waals surface area contributed by atoms with Crippen molar-refractivity contribution < 1.29 is 4.79 Å². The lowest BCUT2D eigenvalue weighted by Crippen LogP contribution is -2.22. The van der Waals surface area contributed by atoms with Gasteiger partial charge in [0.05, 0.1) is 23.5 Å². The van der Waals surface area contributed by atoms with Gasteiger partial charge >= 0.3 is 0 Å². The zero-order valence-electron chi connectivity index (χ0n) is 7.29. The summed E-state index contributed by atoms with van der Waals surface area (Å²) in [7, 11) is 0. The van der Waals surface area contributed by atoms with E-state index in [2.05, 4.69) is 4.99 Å². The minimum atomic E-state index is -0.466. The molecule has 0 unspecified atom stereocenters. The Kier molecular flexibility index (Phi) is 2.17. The molecule has 0 spiro atoms. The molecule has 0 aromatic heterocycles. The second-order valence-electron chi connectivity index (χ2n) is 3.11. The quantitative estimate of drug-likeness (QED) is 0.597. The maximum Gasteiger partial charge on any atom is 0.248 e. The van der Waals surface area contributed by atoms with Crippen LogP contribution in [0, 0.1) is 5.92 Å². The maximum atomic E-state index is 10.8. The van der Waals surface area contributed by atoms with Crippen LogP contribution in [0.2, 0.25) is 0 Å². The molecule has 1 rings (SSSR count). The van der Waals surface area contributed by atoms with E-state index in [0.717, 1.165) is 5.71 Å². The van der Waals surface area contributed by atoms with Crippen molar-refractivity contribution in [2.45, 2.75) is 13.8 Å². The summed E-state index contributed by atoms with van der Waals surface area (Å²) in [4.78, 5) is 14.9. The normalized spacial score (nSPS) is 17.1. The minimum Gasteiger partial charge on any atom is -0.397 e. The number of carbonyl (C=O) groups excluding carboxylic acids is 1. The number of hydrogen-bond acceptors (Lipinski definition) is 3. The topological polar surface area (TPSA) is 81.5 Å². The van der Waals surface area contributed by atoms with Gasteiger partial charge in [-0.05, 0) is 5.92 Å². The van der Waals surface area contributed by atoms with Crippen LogP contribution in [-0.2, 0) is 4.79 Å². The zero-order chi connectivity index (χ0) is 9.30. The molecule has 0 fully saturated rings. The van der Waals surface area contributed by atoms with Crippen molar-refractivity contribution >= 4 is 11.6 Å². The fraction of sp³-hybridized carbons (Fsp3) is 0.500. The van der Waals surface area contributed by atoms with E-state index in [0.29, 0.717) is 17.8 Å².